The molecular weight excluding hydrogens is 290 g/mol. The van der Waals surface area contributed by atoms with Crippen LogP contribution in [0.25, 0.3) is 10.9 Å². The average Bonchev–Trinajstić information content (AvgIpc) is 3.18. The number of aryl methyl sites for hydroxylation is 1. The first-order valence-electron chi connectivity index (χ1n) is 7.98. The Hall–Kier alpha value is -1.65. The number of likely N-dealkylation sites (tertiary alicyclic amines) is 1. The molecule has 3 heterocycles. The van der Waals surface area contributed by atoms with E-state index in [1.165, 1.54) is 46.4 Å². The second-order valence-corrected chi connectivity index (χ2v) is 7.23. The zero-order valence-electron chi connectivity index (χ0n) is 12.9. The number of nitrogens with zero attached hydrogens (tertiary/aromatic N) is 2. The number of H-pyrrole nitrogens is 1. The Kier molecular flexibility index (Phi) is 3.72. The largest absolute Gasteiger partial charge is 0.361 e. The third-order valence-electron chi connectivity index (χ3n) is 4.62. The van der Waals surface area contributed by atoms with Crippen molar-refractivity contribution < 1.29 is 0 Å². The molecule has 0 amide bonds. The molecule has 4 rings (SSSR count). The van der Waals surface area contributed by atoms with Gasteiger partial charge in [0.05, 0.1) is 5.01 Å². The lowest BCUT2D eigenvalue weighted by molar-refractivity contribution is 0.200. The number of aromatic nitrogens is 2. The summed E-state index contributed by atoms with van der Waals surface area (Å²) >= 11 is 1.80. The zero-order chi connectivity index (χ0) is 14.9. The van der Waals surface area contributed by atoms with Gasteiger partial charge in [-0.1, -0.05) is 11.6 Å². The standard InChI is InChI=1S/C18H21N3S/c1-13-4-5-17-16(9-13)15(10-20-17)12-21-7-2-3-14(11-21)18-19-6-8-22-18/h4-6,8-10,14,20H,2-3,7,11-12H2,1H3. The molecule has 0 spiro atoms. The van der Waals surface area contributed by atoms with Crippen molar-refractivity contribution in [1.82, 2.24) is 14.9 Å². The summed E-state index contributed by atoms with van der Waals surface area (Å²) in [7, 11) is 0. The van der Waals surface area contributed by atoms with E-state index in [1.807, 2.05) is 6.20 Å². The third kappa shape index (κ3) is 2.69. The molecule has 1 N–H and O–H groups in total. The fraction of sp³-hybridized carbons (Fsp3) is 0.389. The van der Waals surface area contributed by atoms with Crippen molar-refractivity contribution in [3.63, 3.8) is 0 Å². The van der Waals surface area contributed by atoms with E-state index in [1.54, 1.807) is 11.3 Å². The monoisotopic (exact) mass is 311 g/mol. The molecule has 1 saturated heterocycles. The Morgan fingerprint density at radius 2 is 2.36 bits per heavy atom. The molecule has 0 bridgehead atoms. The van der Waals surface area contributed by atoms with Crippen molar-refractivity contribution >= 4 is 22.2 Å². The summed E-state index contributed by atoms with van der Waals surface area (Å²) < 4.78 is 0. The fourth-order valence-corrected chi connectivity index (χ4v) is 4.27. The van der Waals surface area contributed by atoms with Crippen molar-refractivity contribution in [1.29, 1.82) is 0 Å². The molecule has 114 valence electrons. The molecule has 1 unspecified atom stereocenters. The summed E-state index contributed by atoms with van der Waals surface area (Å²) in [6.07, 6.45) is 6.65. The first kappa shape index (κ1) is 14.0. The Morgan fingerprint density at radius 1 is 1.41 bits per heavy atom. The van der Waals surface area contributed by atoms with Gasteiger partial charge in [-0.15, -0.1) is 11.3 Å². The van der Waals surface area contributed by atoms with E-state index in [2.05, 4.69) is 51.6 Å². The van der Waals surface area contributed by atoms with Gasteiger partial charge in [0.1, 0.15) is 0 Å². The van der Waals surface area contributed by atoms with Crippen LogP contribution in [0.5, 0.6) is 0 Å². The topological polar surface area (TPSA) is 31.9 Å². The predicted molar refractivity (Wildman–Crippen MR) is 92.4 cm³/mol. The Balaban J connectivity index is 1.53. The third-order valence-corrected chi connectivity index (χ3v) is 5.56. The normalized spacial score (nSPS) is 19.8. The summed E-state index contributed by atoms with van der Waals surface area (Å²) in [6, 6.07) is 6.65. The number of nitrogens with one attached hydrogen (secondary N) is 1. The average molecular weight is 311 g/mol. The van der Waals surface area contributed by atoms with Gasteiger partial charge in [0.25, 0.3) is 0 Å². The quantitative estimate of drug-likeness (QED) is 0.781. The highest BCUT2D eigenvalue weighted by atomic mass is 32.1. The lowest BCUT2D eigenvalue weighted by atomic mass is 9.98. The second-order valence-electron chi connectivity index (χ2n) is 6.31. The molecule has 1 aromatic carbocycles. The van der Waals surface area contributed by atoms with Gasteiger partial charge < -0.3 is 4.98 Å². The Morgan fingerprint density at radius 3 is 3.23 bits per heavy atom. The molecule has 0 radical (unpaired) electrons. The minimum Gasteiger partial charge on any atom is -0.361 e. The van der Waals surface area contributed by atoms with Gasteiger partial charge in [-0.2, -0.15) is 0 Å². The molecule has 1 fully saturated rings. The second kappa shape index (κ2) is 5.86. The van der Waals surface area contributed by atoms with E-state index >= 15 is 0 Å². The number of hydrogen-bond donors (Lipinski definition) is 1. The first-order chi connectivity index (χ1) is 10.8. The number of thiazole rings is 1. The number of hydrogen-bond acceptors (Lipinski definition) is 3. The molecular formula is C18H21N3S. The Bertz CT molecular complexity index is 760. The maximum absolute atomic E-state index is 4.52. The van der Waals surface area contributed by atoms with E-state index in [9.17, 15) is 0 Å². The minimum absolute atomic E-state index is 0.612. The first-order valence-corrected chi connectivity index (χ1v) is 8.86. The SMILES string of the molecule is Cc1ccc2[nH]cc(CN3CCCC(c4nccs4)C3)c2c1. The van der Waals surface area contributed by atoms with Crippen LogP contribution in [0.3, 0.4) is 0 Å². The minimum atomic E-state index is 0.612. The van der Waals surface area contributed by atoms with E-state index in [0.29, 0.717) is 5.92 Å². The summed E-state index contributed by atoms with van der Waals surface area (Å²) in [5, 5.41) is 4.77. The van der Waals surface area contributed by atoms with Crippen molar-refractivity contribution in [2.75, 3.05) is 13.1 Å². The molecule has 2 aromatic heterocycles. The van der Waals surface area contributed by atoms with Crippen LogP contribution in [-0.2, 0) is 6.54 Å². The number of rotatable bonds is 3. The van der Waals surface area contributed by atoms with Gasteiger partial charge in [-0.05, 0) is 44.0 Å². The lowest BCUT2D eigenvalue weighted by Crippen LogP contribution is -2.33. The summed E-state index contributed by atoms with van der Waals surface area (Å²) in [6.45, 7) is 5.52. The maximum Gasteiger partial charge on any atom is 0.0968 e. The lowest BCUT2D eigenvalue weighted by Gasteiger charge is -2.31. The number of piperidine rings is 1. The van der Waals surface area contributed by atoms with Crippen LogP contribution in [0.1, 0.15) is 34.9 Å². The molecule has 1 aliphatic heterocycles. The molecule has 1 aliphatic rings. The number of fused-ring (bicyclic) bond motifs is 1. The molecule has 22 heavy (non-hydrogen) atoms. The van der Waals surface area contributed by atoms with E-state index < -0.39 is 0 Å². The maximum atomic E-state index is 4.52. The van der Waals surface area contributed by atoms with Gasteiger partial charge in [0, 0.05) is 47.7 Å². The highest BCUT2D eigenvalue weighted by Crippen LogP contribution is 2.30. The zero-order valence-corrected chi connectivity index (χ0v) is 13.7. The van der Waals surface area contributed by atoms with E-state index in [4.69, 9.17) is 0 Å². The number of aromatic amines is 1. The van der Waals surface area contributed by atoms with Gasteiger partial charge in [-0.25, -0.2) is 4.98 Å². The van der Waals surface area contributed by atoms with Crippen molar-refractivity contribution in [2.24, 2.45) is 0 Å². The van der Waals surface area contributed by atoms with Gasteiger partial charge in [0.2, 0.25) is 0 Å². The van der Waals surface area contributed by atoms with Crippen molar-refractivity contribution in [3.05, 3.63) is 52.1 Å². The highest BCUT2D eigenvalue weighted by Gasteiger charge is 2.23. The highest BCUT2D eigenvalue weighted by molar-refractivity contribution is 7.09. The van der Waals surface area contributed by atoms with Crippen molar-refractivity contribution in [2.45, 2.75) is 32.2 Å². The van der Waals surface area contributed by atoms with Gasteiger partial charge >= 0.3 is 0 Å². The molecule has 0 saturated carbocycles. The van der Waals surface area contributed by atoms with Crippen LogP contribution in [0.15, 0.2) is 36.0 Å². The summed E-state index contributed by atoms with van der Waals surface area (Å²) in [5.74, 6) is 0.612. The molecule has 4 heteroatoms. The van der Waals surface area contributed by atoms with Crippen LogP contribution in [0.4, 0.5) is 0 Å². The fourth-order valence-electron chi connectivity index (χ4n) is 3.50. The van der Waals surface area contributed by atoms with E-state index in [0.717, 1.165) is 13.1 Å². The van der Waals surface area contributed by atoms with Crippen LogP contribution in [0.2, 0.25) is 0 Å². The van der Waals surface area contributed by atoms with Crippen molar-refractivity contribution in [3.8, 4) is 0 Å². The number of benzene rings is 1. The Labute approximate surface area is 135 Å². The molecule has 3 aromatic rings. The molecule has 3 nitrogen and oxygen atoms in total. The van der Waals surface area contributed by atoms with E-state index in [-0.39, 0.29) is 0 Å². The summed E-state index contributed by atoms with van der Waals surface area (Å²) in [4.78, 5) is 10.5. The van der Waals surface area contributed by atoms with Crippen LogP contribution in [0, 0.1) is 6.92 Å². The van der Waals surface area contributed by atoms with Crippen LogP contribution < -0.4 is 0 Å². The van der Waals surface area contributed by atoms with Gasteiger partial charge in [0.15, 0.2) is 0 Å². The van der Waals surface area contributed by atoms with Crippen LogP contribution >= 0.6 is 11.3 Å². The molecule has 1 atom stereocenters. The van der Waals surface area contributed by atoms with Gasteiger partial charge in [-0.3, -0.25) is 4.90 Å². The predicted octanol–water partition coefficient (Wildman–Crippen LogP) is 4.31. The van der Waals surface area contributed by atoms with Crippen LogP contribution in [-0.4, -0.2) is 28.0 Å². The smallest absolute Gasteiger partial charge is 0.0968 e. The summed E-state index contributed by atoms with van der Waals surface area (Å²) in [5.41, 5.74) is 3.99. The molecule has 0 aliphatic carbocycles.